The van der Waals surface area contributed by atoms with Crippen LogP contribution in [0.5, 0.6) is 0 Å². The Labute approximate surface area is 98.9 Å². The summed E-state index contributed by atoms with van der Waals surface area (Å²) >= 11 is 0. The summed E-state index contributed by atoms with van der Waals surface area (Å²) in [4.78, 5) is 23.9. The molecule has 0 radical (unpaired) electrons. The molecule has 3 N–H and O–H groups in total. The van der Waals surface area contributed by atoms with Crippen molar-refractivity contribution in [3.8, 4) is 0 Å². The predicted molar refractivity (Wildman–Crippen MR) is 58.8 cm³/mol. The van der Waals surface area contributed by atoms with Crippen LogP contribution in [0.1, 0.15) is 13.8 Å². The maximum Gasteiger partial charge on any atom is 0.283 e. The zero-order valence-electron chi connectivity index (χ0n) is 9.71. The predicted octanol–water partition coefficient (Wildman–Crippen LogP) is 0.290. The van der Waals surface area contributed by atoms with Crippen LogP contribution in [0.3, 0.4) is 0 Å². The third-order valence-corrected chi connectivity index (χ3v) is 1.73. The number of hydrogen-bond donors (Lipinski definition) is 3. The first-order chi connectivity index (χ1) is 8.12. The van der Waals surface area contributed by atoms with Crippen LogP contribution in [0.25, 0.3) is 0 Å². The third-order valence-electron chi connectivity index (χ3n) is 1.73. The minimum absolute atomic E-state index is 0.0598. The van der Waals surface area contributed by atoms with Crippen LogP contribution in [-0.2, 0) is 14.3 Å². The number of nitrogens with zero attached hydrogens (tertiary/aromatic N) is 1. The van der Waals surface area contributed by atoms with Crippen LogP contribution in [0, 0.1) is 0 Å². The van der Waals surface area contributed by atoms with Gasteiger partial charge in [0.1, 0.15) is 12.3 Å². The van der Waals surface area contributed by atoms with E-state index in [1.165, 1.54) is 11.7 Å². The lowest BCUT2D eigenvalue weighted by molar-refractivity contribution is -0.134. The number of amides is 2. The van der Waals surface area contributed by atoms with Gasteiger partial charge in [0, 0.05) is 12.8 Å². The number of ether oxygens (including phenoxy) is 1. The number of aliphatic hydroxyl groups is 1. The molecule has 7 nitrogen and oxygen atoms in total. The van der Waals surface area contributed by atoms with Gasteiger partial charge in [-0.2, -0.15) is 0 Å². The fraction of sp³-hybridized carbons (Fsp3) is 0.400. The molecule has 0 aromatic rings. The van der Waals surface area contributed by atoms with Gasteiger partial charge in [-0.05, 0) is 13.8 Å². The molecule has 0 heterocycles. The number of hydroxylamine groups is 1. The highest BCUT2D eigenvalue weighted by Gasteiger charge is 2.22. The zero-order valence-corrected chi connectivity index (χ0v) is 9.71. The molecule has 7 heteroatoms. The van der Waals surface area contributed by atoms with Crippen LogP contribution in [0.2, 0.25) is 0 Å². The van der Waals surface area contributed by atoms with E-state index >= 15 is 0 Å². The summed E-state index contributed by atoms with van der Waals surface area (Å²) in [6, 6.07) is 0. The average Bonchev–Trinajstić information content (AvgIpc) is 2.34. The lowest BCUT2D eigenvalue weighted by Gasteiger charge is -2.18. The first-order valence-corrected chi connectivity index (χ1v) is 4.92. The van der Waals surface area contributed by atoms with Crippen molar-refractivity contribution in [1.29, 1.82) is 0 Å². The van der Waals surface area contributed by atoms with E-state index in [1.807, 2.05) is 0 Å². The van der Waals surface area contributed by atoms with Crippen molar-refractivity contribution in [3.05, 3.63) is 24.1 Å². The van der Waals surface area contributed by atoms with Crippen molar-refractivity contribution >= 4 is 11.8 Å². The van der Waals surface area contributed by atoms with Crippen molar-refractivity contribution in [2.45, 2.75) is 13.8 Å². The number of hydrogen-bond acceptors (Lipinski definition) is 5. The molecule has 17 heavy (non-hydrogen) atoms. The van der Waals surface area contributed by atoms with Crippen LogP contribution in [-0.4, -0.2) is 40.4 Å². The molecule has 0 spiro atoms. The lowest BCUT2D eigenvalue weighted by atomic mass is 10.2. The first kappa shape index (κ1) is 15.1. The van der Waals surface area contributed by atoms with Crippen molar-refractivity contribution in [3.63, 3.8) is 0 Å². The van der Waals surface area contributed by atoms with Crippen LogP contribution >= 0.6 is 0 Å². The van der Waals surface area contributed by atoms with Crippen molar-refractivity contribution in [2.75, 3.05) is 13.3 Å². The van der Waals surface area contributed by atoms with Gasteiger partial charge < -0.3 is 9.84 Å². The molecule has 0 saturated carbocycles. The summed E-state index contributed by atoms with van der Waals surface area (Å²) in [5, 5.41) is 17.2. The molecule has 0 aliphatic rings. The minimum atomic E-state index is -1.09. The minimum Gasteiger partial charge on any atom is -0.515 e. The second-order valence-corrected chi connectivity index (χ2v) is 2.86. The normalized spacial score (nSPS) is 11.6. The van der Waals surface area contributed by atoms with Crippen molar-refractivity contribution < 1.29 is 24.6 Å². The van der Waals surface area contributed by atoms with Gasteiger partial charge in [0.05, 0.1) is 6.26 Å². The summed E-state index contributed by atoms with van der Waals surface area (Å²) in [5.41, 5.74) is 0.678. The largest absolute Gasteiger partial charge is 0.515 e. The first-order valence-electron chi connectivity index (χ1n) is 4.92. The second kappa shape index (κ2) is 8.31. The topological polar surface area (TPSA) is 99.1 Å². The Morgan fingerprint density at radius 3 is 2.53 bits per heavy atom. The highest BCUT2D eigenvalue weighted by atomic mass is 16.5. The lowest BCUT2D eigenvalue weighted by Crippen LogP contribution is -2.35. The fourth-order valence-electron chi connectivity index (χ4n) is 0.965. The van der Waals surface area contributed by atoms with Crippen LogP contribution in [0.4, 0.5) is 0 Å². The van der Waals surface area contributed by atoms with E-state index in [0.717, 1.165) is 4.90 Å². The van der Waals surface area contributed by atoms with E-state index in [4.69, 9.17) is 15.1 Å². The van der Waals surface area contributed by atoms with E-state index in [1.54, 1.807) is 19.9 Å². The number of allylic oxidation sites excluding steroid dienone is 1. The Morgan fingerprint density at radius 1 is 1.47 bits per heavy atom. The number of rotatable bonds is 6. The maximum atomic E-state index is 11.8. The molecule has 0 aliphatic carbocycles. The standard InChI is InChI=1S/C10H16N2O5/c1-3-5-12(7-17-4-2)10(15)8(6-13)9(14)11-16/h3,5-6,13,16H,4,7H2,1-2H3,(H,11,14)/b5-3-,8-6+. The van der Waals surface area contributed by atoms with Crippen LogP contribution < -0.4 is 5.48 Å². The molecule has 0 aromatic heterocycles. The molecule has 0 saturated heterocycles. The third kappa shape index (κ3) is 4.66. The zero-order chi connectivity index (χ0) is 13.3. The Morgan fingerprint density at radius 2 is 2.12 bits per heavy atom. The summed E-state index contributed by atoms with van der Waals surface area (Å²) in [6.07, 6.45) is 3.30. The molecule has 0 fully saturated rings. The highest BCUT2D eigenvalue weighted by molar-refractivity contribution is 6.17. The smallest absolute Gasteiger partial charge is 0.283 e. The summed E-state index contributed by atoms with van der Waals surface area (Å²) in [7, 11) is 0. The molecule has 96 valence electrons. The van der Waals surface area contributed by atoms with Gasteiger partial charge >= 0.3 is 0 Å². The number of aliphatic hydroxyl groups excluding tert-OH is 1. The van der Waals surface area contributed by atoms with Gasteiger partial charge in [0.2, 0.25) is 0 Å². The number of carbonyl (C=O) groups is 2. The Hall–Kier alpha value is -1.86. The van der Waals surface area contributed by atoms with Gasteiger partial charge in [-0.1, -0.05) is 6.08 Å². The molecule has 2 amide bonds. The molecule has 0 atom stereocenters. The summed E-state index contributed by atoms with van der Waals surface area (Å²) in [6.45, 7) is 3.77. The highest BCUT2D eigenvalue weighted by Crippen LogP contribution is 2.03. The number of nitrogens with one attached hydrogen (secondary N) is 1. The number of carbonyl (C=O) groups excluding carboxylic acids is 2. The van der Waals surface area contributed by atoms with Gasteiger partial charge in [-0.15, -0.1) is 0 Å². The van der Waals surface area contributed by atoms with E-state index in [2.05, 4.69) is 0 Å². The van der Waals surface area contributed by atoms with E-state index < -0.39 is 17.4 Å². The van der Waals surface area contributed by atoms with Crippen molar-refractivity contribution in [2.24, 2.45) is 0 Å². The van der Waals surface area contributed by atoms with Gasteiger partial charge in [0.15, 0.2) is 0 Å². The van der Waals surface area contributed by atoms with Crippen molar-refractivity contribution in [1.82, 2.24) is 10.4 Å². The van der Waals surface area contributed by atoms with E-state index in [-0.39, 0.29) is 6.73 Å². The van der Waals surface area contributed by atoms with Crippen LogP contribution in [0.15, 0.2) is 24.1 Å². The molecule has 0 rings (SSSR count). The Bertz CT molecular complexity index is 325. The molecule has 0 aliphatic heterocycles. The van der Waals surface area contributed by atoms with E-state index in [9.17, 15) is 9.59 Å². The van der Waals surface area contributed by atoms with Gasteiger partial charge in [-0.25, -0.2) is 5.48 Å². The maximum absolute atomic E-state index is 11.8. The summed E-state index contributed by atoms with van der Waals surface area (Å²) in [5.74, 6) is -1.88. The van der Waals surface area contributed by atoms with Gasteiger partial charge in [-0.3, -0.25) is 19.7 Å². The molecule has 0 unspecified atom stereocenters. The van der Waals surface area contributed by atoms with E-state index in [0.29, 0.717) is 12.9 Å². The molecule has 0 bridgehead atoms. The average molecular weight is 244 g/mol. The van der Waals surface area contributed by atoms with Gasteiger partial charge in [0.25, 0.3) is 11.8 Å². The fourth-order valence-corrected chi connectivity index (χ4v) is 0.965. The Kier molecular flexibility index (Phi) is 7.40. The summed E-state index contributed by atoms with van der Waals surface area (Å²) < 4.78 is 5.03. The SMILES string of the molecule is C/C=C\N(COCC)C(=O)/C(=C/O)C(=O)NO. The second-order valence-electron chi connectivity index (χ2n) is 2.86. The molecular weight excluding hydrogens is 228 g/mol. The Balaban J connectivity index is 4.86. The monoisotopic (exact) mass is 244 g/mol. The quantitative estimate of drug-likeness (QED) is 0.119. The molecular formula is C10H16N2O5. The molecule has 0 aromatic carbocycles.